The standard InChI is InChI=1S/C21H28ClN5O/c22-16-10-12-18(13-11-16)27(21(28)23-17-7-3-1-4-8-17)15-20-25-24-19-9-5-2-6-14-26(19)20/h10-13,17H,1-9,14-15H2,(H,23,28). The highest BCUT2D eigenvalue weighted by molar-refractivity contribution is 6.30. The maximum absolute atomic E-state index is 13.2. The van der Waals surface area contributed by atoms with Crippen LogP contribution < -0.4 is 10.2 Å². The zero-order chi connectivity index (χ0) is 19.3. The van der Waals surface area contributed by atoms with Crippen molar-refractivity contribution in [2.45, 2.75) is 76.9 Å². The number of hydrogen-bond acceptors (Lipinski definition) is 3. The molecular formula is C21H28ClN5O. The molecule has 1 aliphatic carbocycles. The van der Waals surface area contributed by atoms with Crippen LogP contribution in [-0.4, -0.2) is 26.8 Å². The van der Waals surface area contributed by atoms with E-state index in [9.17, 15) is 4.79 Å². The Balaban J connectivity index is 1.57. The van der Waals surface area contributed by atoms with E-state index in [1.807, 2.05) is 24.3 Å². The first-order valence-corrected chi connectivity index (χ1v) is 10.8. The van der Waals surface area contributed by atoms with Gasteiger partial charge in [0.1, 0.15) is 5.82 Å². The van der Waals surface area contributed by atoms with Crippen LogP contribution in [0.3, 0.4) is 0 Å². The Bertz CT molecular complexity index is 798. The summed E-state index contributed by atoms with van der Waals surface area (Å²) in [5, 5.41) is 12.7. The average molecular weight is 402 g/mol. The van der Waals surface area contributed by atoms with Crippen LogP contribution in [-0.2, 0) is 19.5 Å². The van der Waals surface area contributed by atoms with Gasteiger partial charge in [0.2, 0.25) is 0 Å². The number of rotatable bonds is 4. The molecule has 28 heavy (non-hydrogen) atoms. The van der Waals surface area contributed by atoms with Gasteiger partial charge in [0, 0.05) is 29.7 Å². The van der Waals surface area contributed by atoms with Crippen molar-refractivity contribution < 1.29 is 4.79 Å². The number of urea groups is 1. The second-order valence-corrected chi connectivity index (χ2v) is 8.28. The number of aromatic nitrogens is 3. The molecule has 1 aromatic heterocycles. The van der Waals surface area contributed by atoms with Crippen molar-refractivity contribution in [3.05, 3.63) is 40.9 Å². The second-order valence-electron chi connectivity index (χ2n) is 7.84. The SMILES string of the molecule is O=C(NC1CCCCC1)N(Cc1nnc2n1CCCCC2)c1ccc(Cl)cc1. The van der Waals surface area contributed by atoms with Gasteiger partial charge in [-0.1, -0.05) is 37.3 Å². The van der Waals surface area contributed by atoms with E-state index in [1.165, 1.54) is 25.7 Å². The summed E-state index contributed by atoms with van der Waals surface area (Å²) in [6.07, 6.45) is 10.2. The van der Waals surface area contributed by atoms with Crippen molar-refractivity contribution >= 4 is 23.3 Å². The topological polar surface area (TPSA) is 63.1 Å². The smallest absolute Gasteiger partial charge is 0.322 e. The van der Waals surface area contributed by atoms with Crippen LogP contribution in [0.5, 0.6) is 0 Å². The fourth-order valence-corrected chi connectivity index (χ4v) is 4.33. The molecule has 4 rings (SSSR count). The van der Waals surface area contributed by atoms with Crippen LogP contribution in [0.15, 0.2) is 24.3 Å². The van der Waals surface area contributed by atoms with Gasteiger partial charge in [-0.3, -0.25) is 4.90 Å². The lowest BCUT2D eigenvalue weighted by atomic mass is 9.96. The highest BCUT2D eigenvalue weighted by Gasteiger charge is 2.24. The number of carbonyl (C=O) groups is 1. The van der Waals surface area contributed by atoms with Gasteiger partial charge in [-0.15, -0.1) is 10.2 Å². The molecule has 0 unspecified atom stereocenters. The molecule has 0 atom stereocenters. The van der Waals surface area contributed by atoms with Gasteiger partial charge in [0.25, 0.3) is 0 Å². The van der Waals surface area contributed by atoms with Crippen molar-refractivity contribution in [3.8, 4) is 0 Å². The maximum Gasteiger partial charge on any atom is 0.322 e. The van der Waals surface area contributed by atoms with Crippen molar-refractivity contribution in [2.24, 2.45) is 0 Å². The van der Waals surface area contributed by atoms with Crippen LogP contribution in [0.1, 0.15) is 63.0 Å². The molecule has 1 aromatic carbocycles. The number of anilines is 1. The lowest BCUT2D eigenvalue weighted by molar-refractivity contribution is 0.237. The van der Waals surface area contributed by atoms with E-state index in [-0.39, 0.29) is 12.1 Å². The van der Waals surface area contributed by atoms with Gasteiger partial charge in [-0.2, -0.15) is 0 Å². The quantitative estimate of drug-likeness (QED) is 0.807. The summed E-state index contributed by atoms with van der Waals surface area (Å²) in [6.45, 7) is 1.34. The Morgan fingerprint density at radius 1 is 1.07 bits per heavy atom. The number of amides is 2. The van der Waals surface area contributed by atoms with Gasteiger partial charge in [0.15, 0.2) is 5.82 Å². The molecular weight excluding hydrogens is 374 g/mol. The summed E-state index contributed by atoms with van der Waals surface area (Å²) in [5.74, 6) is 1.89. The predicted octanol–water partition coefficient (Wildman–Crippen LogP) is 4.71. The van der Waals surface area contributed by atoms with Gasteiger partial charge < -0.3 is 9.88 Å². The summed E-state index contributed by atoms with van der Waals surface area (Å²) in [4.78, 5) is 15.0. The van der Waals surface area contributed by atoms with Crippen molar-refractivity contribution in [1.82, 2.24) is 20.1 Å². The first-order valence-electron chi connectivity index (χ1n) is 10.5. The minimum atomic E-state index is -0.0693. The fourth-order valence-electron chi connectivity index (χ4n) is 4.20. The molecule has 0 spiro atoms. The number of hydrogen-bond donors (Lipinski definition) is 1. The van der Waals surface area contributed by atoms with Crippen LogP contribution in [0.25, 0.3) is 0 Å². The van der Waals surface area contributed by atoms with Crippen LogP contribution in [0.2, 0.25) is 5.02 Å². The van der Waals surface area contributed by atoms with E-state index in [0.717, 1.165) is 56.0 Å². The van der Waals surface area contributed by atoms with E-state index in [1.54, 1.807) is 4.90 Å². The highest BCUT2D eigenvalue weighted by atomic mass is 35.5. The molecule has 1 aliphatic heterocycles. The van der Waals surface area contributed by atoms with E-state index in [4.69, 9.17) is 11.6 Å². The Morgan fingerprint density at radius 3 is 2.61 bits per heavy atom. The summed E-state index contributed by atoms with van der Waals surface area (Å²) >= 11 is 6.06. The van der Waals surface area contributed by atoms with Crippen LogP contribution in [0.4, 0.5) is 10.5 Å². The van der Waals surface area contributed by atoms with Crippen molar-refractivity contribution in [2.75, 3.05) is 4.90 Å². The lowest BCUT2D eigenvalue weighted by Gasteiger charge is -2.28. The summed E-state index contributed by atoms with van der Waals surface area (Å²) < 4.78 is 2.20. The minimum absolute atomic E-state index is 0.0693. The number of carbonyl (C=O) groups excluding carboxylic acids is 1. The first-order chi connectivity index (χ1) is 13.7. The summed E-state index contributed by atoms with van der Waals surface area (Å²) in [6, 6.07) is 7.61. The predicted molar refractivity (Wildman–Crippen MR) is 111 cm³/mol. The molecule has 2 aliphatic rings. The van der Waals surface area contributed by atoms with E-state index < -0.39 is 0 Å². The third-order valence-electron chi connectivity index (χ3n) is 5.80. The molecule has 150 valence electrons. The molecule has 1 fully saturated rings. The zero-order valence-corrected chi connectivity index (χ0v) is 17.0. The number of nitrogens with one attached hydrogen (secondary N) is 1. The zero-order valence-electron chi connectivity index (χ0n) is 16.2. The fraction of sp³-hybridized carbons (Fsp3) is 0.571. The summed E-state index contributed by atoms with van der Waals surface area (Å²) in [7, 11) is 0. The molecule has 1 N–H and O–H groups in total. The molecule has 2 amide bonds. The third-order valence-corrected chi connectivity index (χ3v) is 6.05. The normalized spacial score (nSPS) is 17.6. The van der Waals surface area contributed by atoms with Crippen molar-refractivity contribution in [1.29, 1.82) is 0 Å². The Morgan fingerprint density at radius 2 is 1.82 bits per heavy atom. The molecule has 0 bridgehead atoms. The average Bonchev–Trinajstić information content (AvgIpc) is 2.93. The molecule has 6 nitrogen and oxygen atoms in total. The monoisotopic (exact) mass is 401 g/mol. The molecule has 0 saturated heterocycles. The number of nitrogens with zero attached hydrogens (tertiary/aromatic N) is 4. The van der Waals surface area contributed by atoms with Gasteiger partial charge in [-0.05, 0) is 49.9 Å². The Kier molecular flexibility index (Phi) is 6.15. The first kappa shape index (κ1) is 19.2. The van der Waals surface area contributed by atoms with E-state index in [0.29, 0.717) is 11.6 Å². The van der Waals surface area contributed by atoms with Crippen molar-refractivity contribution in [3.63, 3.8) is 0 Å². The van der Waals surface area contributed by atoms with Gasteiger partial charge in [-0.25, -0.2) is 4.79 Å². The van der Waals surface area contributed by atoms with Gasteiger partial charge in [0.05, 0.1) is 6.54 Å². The number of halogens is 1. The maximum atomic E-state index is 13.2. The Hall–Kier alpha value is -2.08. The van der Waals surface area contributed by atoms with Gasteiger partial charge >= 0.3 is 6.03 Å². The Labute approximate surface area is 171 Å². The molecule has 0 radical (unpaired) electrons. The number of fused-ring (bicyclic) bond motifs is 1. The third kappa shape index (κ3) is 4.49. The van der Waals surface area contributed by atoms with E-state index >= 15 is 0 Å². The van der Waals surface area contributed by atoms with Crippen LogP contribution in [0, 0.1) is 0 Å². The lowest BCUT2D eigenvalue weighted by Crippen LogP contribution is -2.45. The highest BCUT2D eigenvalue weighted by Crippen LogP contribution is 2.23. The minimum Gasteiger partial charge on any atom is -0.335 e. The molecule has 1 saturated carbocycles. The second kappa shape index (κ2) is 8.95. The number of aryl methyl sites for hydroxylation is 1. The number of benzene rings is 1. The molecule has 2 heterocycles. The largest absolute Gasteiger partial charge is 0.335 e. The molecule has 7 heteroatoms. The van der Waals surface area contributed by atoms with Crippen LogP contribution >= 0.6 is 11.6 Å². The summed E-state index contributed by atoms with van der Waals surface area (Å²) in [5.41, 5.74) is 0.823. The molecule has 2 aromatic rings. The van der Waals surface area contributed by atoms with E-state index in [2.05, 4.69) is 20.1 Å².